The van der Waals surface area contributed by atoms with E-state index in [1.165, 1.54) is 12.1 Å². The van der Waals surface area contributed by atoms with Crippen LogP contribution in [0.4, 0.5) is 13.2 Å². The first-order chi connectivity index (χ1) is 7.18. The minimum absolute atomic E-state index is 0.301. The fraction of sp³-hybridized carbons (Fsp3) is 0. The molecule has 0 saturated carbocycles. The summed E-state index contributed by atoms with van der Waals surface area (Å²) in [6.07, 6.45) is -1.28. The molecule has 1 aromatic carbocycles. The van der Waals surface area contributed by atoms with Crippen LogP contribution in [0.15, 0.2) is 30.3 Å². The van der Waals surface area contributed by atoms with Gasteiger partial charge in [0.1, 0.15) is 5.69 Å². The molecule has 0 atom stereocenters. The number of hydrogen-bond donors (Lipinski definition) is 0. The summed E-state index contributed by atoms with van der Waals surface area (Å²) in [7, 11) is 0. The Morgan fingerprint density at radius 1 is 0.867 bits per heavy atom. The number of aromatic nitrogens is 2. The van der Waals surface area contributed by atoms with Gasteiger partial charge in [0.2, 0.25) is 5.82 Å². The topological polar surface area (TPSA) is 25.8 Å². The number of nitrogens with zero attached hydrogens (tertiary/aromatic N) is 2. The Morgan fingerprint density at radius 3 is 2.20 bits per heavy atom. The fourth-order valence-electron chi connectivity index (χ4n) is 1.18. The van der Waals surface area contributed by atoms with Crippen molar-refractivity contribution in [3.63, 3.8) is 0 Å². The average Bonchev–Trinajstić information content (AvgIpc) is 2.24. The van der Waals surface area contributed by atoms with E-state index in [9.17, 15) is 13.2 Å². The van der Waals surface area contributed by atoms with Gasteiger partial charge in [-0.1, -0.05) is 30.3 Å². The van der Waals surface area contributed by atoms with Crippen LogP contribution in [-0.2, 0) is 0 Å². The summed E-state index contributed by atoms with van der Waals surface area (Å²) in [5.74, 6) is -2.73. The normalized spacial score (nSPS) is 10.3. The quantitative estimate of drug-likeness (QED) is 0.534. The van der Waals surface area contributed by atoms with Crippen LogP contribution in [0.25, 0.3) is 11.3 Å². The third-order valence-corrected chi connectivity index (χ3v) is 1.83. The Labute approximate surface area is 83.4 Å². The molecule has 0 aliphatic rings. The van der Waals surface area contributed by atoms with Crippen LogP contribution >= 0.6 is 0 Å². The lowest BCUT2D eigenvalue weighted by atomic mass is 10.1. The van der Waals surface area contributed by atoms with Crippen molar-refractivity contribution >= 4 is 0 Å². The van der Waals surface area contributed by atoms with E-state index in [1.807, 2.05) is 0 Å². The molecule has 0 spiro atoms. The first kappa shape index (κ1) is 9.64. The largest absolute Gasteiger partial charge is 0.312 e. The van der Waals surface area contributed by atoms with Gasteiger partial charge < -0.3 is 0 Å². The molecule has 0 unspecified atom stereocenters. The summed E-state index contributed by atoms with van der Waals surface area (Å²) < 4.78 is 38.6. The molecule has 0 bridgehead atoms. The second-order valence-corrected chi connectivity index (χ2v) is 2.81. The summed E-state index contributed by atoms with van der Waals surface area (Å²) in [5.41, 5.74) is -0.0733. The van der Waals surface area contributed by atoms with Gasteiger partial charge in [0.05, 0.1) is 0 Å². The van der Waals surface area contributed by atoms with Crippen molar-refractivity contribution in [2.24, 2.45) is 0 Å². The smallest absolute Gasteiger partial charge is 0.199 e. The Balaban J connectivity index is 2.63. The maximum Gasteiger partial charge on any atom is 0.312 e. The molecule has 2 nitrogen and oxygen atoms in total. The molecule has 0 fully saturated rings. The molecule has 15 heavy (non-hydrogen) atoms. The van der Waals surface area contributed by atoms with Crippen molar-refractivity contribution in [2.75, 3.05) is 0 Å². The van der Waals surface area contributed by atoms with E-state index in [0.717, 1.165) is 0 Å². The van der Waals surface area contributed by atoms with E-state index < -0.39 is 17.8 Å². The predicted octanol–water partition coefficient (Wildman–Crippen LogP) is 2.56. The zero-order valence-electron chi connectivity index (χ0n) is 7.42. The van der Waals surface area contributed by atoms with Crippen molar-refractivity contribution in [1.82, 2.24) is 9.97 Å². The Kier molecular flexibility index (Phi) is 2.37. The average molecular weight is 210 g/mol. The van der Waals surface area contributed by atoms with Gasteiger partial charge in [-0.2, -0.15) is 23.1 Å². The van der Waals surface area contributed by atoms with E-state index in [2.05, 4.69) is 9.97 Å². The van der Waals surface area contributed by atoms with Gasteiger partial charge in [-0.3, -0.25) is 0 Å². The van der Waals surface area contributed by atoms with Crippen molar-refractivity contribution in [2.45, 2.75) is 0 Å². The van der Waals surface area contributed by atoms with Crippen LogP contribution < -0.4 is 0 Å². The van der Waals surface area contributed by atoms with Crippen LogP contribution in [-0.4, -0.2) is 9.97 Å². The van der Waals surface area contributed by atoms with Crippen molar-refractivity contribution in [3.05, 3.63) is 48.2 Å². The summed E-state index contributed by atoms with van der Waals surface area (Å²) in [4.78, 5) is 5.85. The number of hydrogen-bond acceptors (Lipinski definition) is 2. The van der Waals surface area contributed by atoms with Gasteiger partial charge in [0.15, 0.2) is 0 Å². The lowest BCUT2D eigenvalue weighted by Crippen LogP contribution is -2.01. The van der Waals surface area contributed by atoms with Gasteiger partial charge in [0, 0.05) is 5.56 Å². The molecule has 0 amide bonds. The Bertz CT molecular complexity index is 486. The molecule has 5 heteroatoms. The highest BCUT2D eigenvalue weighted by atomic mass is 19.2. The standard InChI is InChI=1S/C10H5F3N2/c11-7-8(6-4-2-1-3-5-6)14-10(13)15-9(7)12/h1-5H. The van der Waals surface area contributed by atoms with E-state index >= 15 is 0 Å². The summed E-state index contributed by atoms with van der Waals surface area (Å²) in [6, 6.07) is 7.95. The zero-order chi connectivity index (χ0) is 10.8. The van der Waals surface area contributed by atoms with Crippen LogP contribution in [0.5, 0.6) is 0 Å². The molecule has 0 aliphatic heterocycles. The zero-order valence-corrected chi connectivity index (χ0v) is 7.42. The van der Waals surface area contributed by atoms with Crippen LogP contribution in [0.1, 0.15) is 0 Å². The number of benzene rings is 1. The highest BCUT2D eigenvalue weighted by Gasteiger charge is 2.15. The molecule has 0 N–H and O–H groups in total. The first-order valence-corrected chi connectivity index (χ1v) is 4.12. The van der Waals surface area contributed by atoms with Gasteiger partial charge in [-0.25, -0.2) is 0 Å². The van der Waals surface area contributed by atoms with Gasteiger partial charge in [0.25, 0.3) is 5.95 Å². The van der Waals surface area contributed by atoms with Crippen molar-refractivity contribution in [1.29, 1.82) is 0 Å². The third-order valence-electron chi connectivity index (χ3n) is 1.83. The molecule has 2 rings (SSSR count). The highest BCUT2D eigenvalue weighted by molar-refractivity contribution is 5.58. The number of rotatable bonds is 1. The Morgan fingerprint density at radius 2 is 1.53 bits per heavy atom. The molecule has 0 aliphatic carbocycles. The SMILES string of the molecule is Fc1nc(F)c(F)c(-c2ccccc2)n1. The van der Waals surface area contributed by atoms with Crippen molar-refractivity contribution < 1.29 is 13.2 Å². The minimum atomic E-state index is -1.48. The highest BCUT2D eigenvalue weighted by Crippen LogP contribution is 2.20. The predicted molar refractivity (Wildman–Crippen MR) is 47.3 cm³/mol. The van der Waals surface area contributed by atoms with Crippen LogP contribution in [0.3, 0.4) is 0 Å². The molecule has 0 saturated heterocycles. The molecule has 1 heterocycles. The van der Waals surface area contributed by atoms with Gasteiger partial charge in [-0.15, -0.1) is 0 Å². The molecule has 1 aromatic heterocycles. The second-order valence-electron chi connectivity index (χ2n) is 2.81. The van der Waals surface area contributed by atoms with Gasteiger partial charge in [-0.05, 0) is 0 Å². The van der Waals surface area contributed by atoms with E-state index in [-0.39, 0.29) is 5.69 Å². The number of halogens is 3. The van der Waals surface area contributed by atoms with Crippen LogP contribution in [0.2, 0.25) is 0 Å². The summed E-state index contributed by atoms with van der Waals surface area (Å²) in [5, 5.41) is 0. The lowest BCUT2D eigenvalue weighted by Gasteiger charge is -2.02. The monoisotopic (exact) mass is 210 g/mol. The molecule has 76 valence electrons. The third kappa shape index (κ3) is 1.81. The molecule has 2 aromatic rings. The van der Waals surface area contributed by atoms with Crippen molar-refractivity contribution in [3.8, 4) is 11.3 Å². The molecular formula is C10H5F3N2. The Hall–Kier alpha value is -1.91. The second kappa shape index (κ2) is 3.68. The molecular weight excluding hydrogens is 205 g/mol. The minimum Gasteiger partial charge on any atom is -0.199 e. The maximum atomic E-state index is 13.2. The summed E-state index contributed by atoms with van der Waals surface area (Å²) in [6.45, 7) is 0. The van der Waals surface area contributed by atoms with E-state index in [0.29, 0.717) is 5.56 Å². The molecule has 0 radical (unpaired) electrons. The van der Waals surface area contributed by atoms with Crippen LogP contribution in [0, 0.1) is 17.8 Å². The van der Waals surface area contributed by atoms with Gasteiger partial charge >= 0.3 is 6.08 Å². The fourth-order valence-corrected chi connectivity index (χ4v) is 1.18. The maximum absolute atomic E-state index is 13.2. The first-order valence-electron chi connectivity index (χ1n) is 4.12. The summed E-state index contributed by atoms with van der Waals surface area (Å²) >= 11 is 0. The van der Waals surface area contributed by atoms with E-state index in [1.54, 1.807) is 18.2 Å². The van der Waals surface area contributed by atoms with E-state index in [4.69, 9.17) is 0 Å². The lowest BCUT2D eigenvalue weighted by molar-refractivity contribution is 0.429.